The average Bonchev–Trinajstić information content (AvgIpc) is 3.03. The van der Waals surface area contributed by atoms with Gasteiger partial charge < -0.3 is 20.9 Å². The third-order valence-corrected chi connectivity index (χ3v) is 6.55. The summed E-state index contributed by atoms with van der Waals surface area (Å²) in [6.07, 6.45) is 4.35. The van der Waals surface area contributed by atoms with E-state index in [1.165, 1.54) is 49.1 Å². The van der Waals surface area contributed by atoms with Crippen LogP contribution in [-0.4, -0.2) is 45.2 Å². The Morgan fingerprint density at radius 1 is 0.667 bits per heavy atom. The predicted octanol–water partition coefficient (Wildman–Crippen LogP) is 5.70. The van der Waals surface area contributed by atoms with Gasteiger partial charge in [-0.05, 0) is 47.5 Å². The fourth-order valence-electron chi connectivity index (χ4n) is 4.47. The van der Waals surface area contributed by atoms with Crippen molar-refractivity contribution in [2.24, 2.45) is 11.5 Å². The zero-order chi connectivity index (χ0) is 32.1. The van der Waals surface area contributed by atoms with Gasteiger partial charge in [0.05, 0.1) is 41.7 Å². The standard InChI is InChI=1S/C16H10F3N3O2.C16H13N3O2/c17-16(18,19)24-11-3-1-2-9(4-11)13-7-21-8-14-12(13)5-10(6-22-14)15(20)23;1-21-12-4-2-3-10(5-12)14-8-18-9-15-13(14)6-11(7-19-15)16(17)20/h1-8H,(H2,20,23);2-9H,1H3,(H2,17,20). The Morgan fingerprint density at radius 2 is 1.13 bits per heavy atom. The largest absolute Gasteiger partial charge is 0.573 e. The first-order valence-corrected chi connectivity index (χ1v) is 13.1. The minimum atomic E-state index is -4.78. The number of halogens is 3. The molecule has 0 spiro atoms. The number of carbonyl (C=O) groups is 2. The second kappa shape index (κ2) is 12.6. The number of nitrogens with two attached hydrogens (primary N) is 2. The van der Waals surface area contributed by atoms with E-state index in [0.717, 1.165) is 22.3 Å². The van der Waals surface area contributed by atoms with Gasteiger partial charge in [-0.25, -0.2) is 0 Å². The van der Waals surface area contributed by atoms with E-state index in [1.807, 2.05) is 24.3 Å². The van der Waals surface area contributed by atoms with E-state index in [4.69, 9.17) is 16.2 Å². The third kappa shape index (κ3) is 7.10. The minimum absolute atomic E-state index is 0.192. The Labute approximate surface area is 253 Å². The summed E-state index contributed by atoms with van der Waals surface area (Å²) in [6.45, 7) is 0. The Hall–Kier alpha value is -6.11. The number of carbonyl (C=O) groups excluding carboxylic acids is 2. The van der Waals surface area contributed by atoms with Gasteiger partial charge in [0.25, 0.3) is 0 Å². The SMILES string of the molecule is COc1cccc(-c2cncc3ncc(C(N)=O)cc23)c1.NC(=O)c1cnc2cncc(-c3cccc(OC(F)(F)F)c3)c2c1. The van der Waals surface area contributed by atoms with Crippen molar-refractivity contribution in [2.45, 2.75) is 6.36 Å². The van der Waals surface area contributed by atoms with Gasteiger partial charge in [0.1, 0.15) is 11.5 Å². The molecule has 0 radical (unpaired) electrons. The first kappa shape index (κ1) is 30.4. The molecule has 0 aliphatic carbocycles. The molecular formula is C32H23F3N6O4. The molecule has 0 fully saturated rings. The smallest absolute Gasteiger partial charge is 0.497 e. The third-order valence-electron chi connectivity index (χ3n) is 6.55. The molecule has 0 aliphatic heterocycles. The summed E-state index contributed by atoms with van der Waals surface area (Å²) < 4.78 is 46.3. The van der Waals surface area contributed by atoms with Crippen LogP contribution in [0.3, 0.4) is 0 Å². The maximum Gasteiger partial charge on any atom is 0.573 e. The molecule has 0 aliphatic rings. The fourth-order valence-corrected chi connectivity index (χ4v) is 4.47. The lowest BCUT2D eigenvalue weighted by Gasteiger charge is -2.11. The van der Waals surface area contributed by atoms with Gasteiger partial charge in [-0.3, -0.25) is 29.5 Å². The fraction of sp³-hybridized carbons (Fsp3) is 0.0625. The molecule has 0 saturated heterocycles. The minimum Gasteiger partial charge on any atom is -0.497 e. The quantitative estimate of drug-likeness (QED) is 0.243. The summed E-state index contributed by atoms with van der Waals surface area (Å²) in [5.41, 5.74) is 15.1. The molecule has 0 saturated carbocycles. The first-order valence-electron chi connectivity index (χ1n) is 13.1. The number of fused-ring (bicyclic) bond motifs is 2. The number of aromatic nitrogens is 4. The lowest BCUT2D eigenvalue weighted by Crippen LogP contribution is -2.17. The number of primary amides is 2. The maximum atomic E-state index is 12.4. The van der Waals surface area contributed by atoms with Crippen molar-refractivity contribution in [2.75, 3.05) is 7.11 Å². The Kier molecular flexibility index (Phi) is 8.52. The van der Waals surface area contributed by atoms with Crippen molar-refractivity contribution in [3.63, 3.8) is 0 Å². The van der Waals surface area contributed by atoms with Crippen LogP contribution in [0.15, 0.2) is 97.8 Å². The molecule has 226 valence electrons. The summed E-state index contributed by atoms with van der Waals surface area (Å²) in [5, 5.41) is 1.38. The number of hydrogen-bond donors (Lipinski definition) is 2. The van der Waals surface area contributed by atoms with E-state index in [1.54, 1.807) is 31.6 Å². The van der Waals surface area contributed by atoms with Crippen molar-refractivity contribution < 1.29 is 32.2 Å². The van der Waals surface area contributed by atoms with Gasteiger partial charge >= 0.3 is 6.36 Å². The molecule has 0 bridgehead atoms. The number of amides is 2. The Morgan fingerprint density at radius 3 is 1.58 bits per heavy atom. The summed E-state index contributed by atoms with van der Waals surface area (Å²) in [5.74, 6) is -0.751. The molecule has 2 amide bonds. The maximum absolute atomic E-state index is 12.4. The van der Waals surface area contributed by atoms with Crippen molar-refractivity contribution >= 4 is 33.6 Å². The Bertz CT molecular complexity index is 2050. The number of benzene rings is 2. The van der Waals surface area contributed by atoms with E-state index < -0.39 is 18.2 Å². The zero-order valence-electron chi connectivity index (χ0n) is 23.4. The van der Waals surface area contributed by atoms with Crippen LogP contribution in [0, 0.1) is 0 Å². The molecule has 0 atom stereocenters. The van der Waals surface area contributed by atoms with Crippen LogP contribution < -0.4 is 20.9 Å². The van der Waals surface area contributed by atoms with Crippen LogP contribution >= 0.6 is 0 Å². The number of ether oxygens (including phenoxy) is 2. The Balaban J connectivity index is 0.000000179. The topological polar surface area (TPSA) is 156 Å². The van der Waals surface area contributed by atoms with Gasteiger partial charge in [-0.15, -0.1) is 13.2 Å². The molecule has 6 aromatic rings. The van der Waals surface area contributed by atoms with Crippen molar-refractivity contribution in [3.8, 4) is 33.8 Å². The van der Waals surface area contributed by atoms with Gasteiger partial charge in [0.15, 0.2) is 0 Å². The summed E-state index contributed by atoms with van der Waals surface area (Å²) >= 11 is 0. The molecule has 4 aromatic heterocycles. The molecule has 10 nitrogen and oxygen atoms in total. The highest BCUT2D eigenvalue weighted by Crippen LogP contribution is 2.32. The van der Waals surface area contributed by atoms with Gasteiger partial charge in [0.2, 0.25) is 11.8 Å². The highest BCUT2D eigenvalue weighted by Gasteiger charge is 2.31. The average molecular weight is 613 g/mol. The van der Waals surface area contributed by atoms with Crippen LogP contribution in [0.5, 0.6) is 11.5 Å². The lowest BCUT2D eigenvalue weighted by atomic mass is 10.0. The molecular weight excluding hydrogens is 589 g/mol. The number of alkyl halides is 3. The molecule has 45 heavy (non-hydrogen) atoms. The van der Waals surface area contributed by atoms with Crippen LogP contribution in [0.2, 0.25) is 0 Å². The van der Waals surface area contributed by atoms with Crippen LogP contribution in [0.25, 0.3) is 44.1 Å². The van der Waals surface area contributed by atoms with Crippen LogP contribution in [-0.2, 0) is 0 Å². The number of hydrogen-bond acceptors (Lipinski definition) is 8. The van der Waals surface area contributed by atoms with Crippen molar-refractivity contribution in [3.05, 3.63) is 109 Å². The second-order valence-corrected chi connectivity index (χ2v) is 9.49. The van der Waals surface area contributed by atoms with Gasteiger partial charge in [-0.2, -0.15) is 0 Å². The number of rotatable bonds is 6. The summed E-state index contributed by atoms with van der Waals surface area (Å²) in [4.78, 5) is 39.2. The zero-order valence-corrected chi connectivity index (χ0v) is 23.4. The monoisotopic (exact) mass is 612 g/mol. The molecule has 2 aromatic carbocycles. The molecule has 4 N–H and O–H groups in total. The van der Waals surface area contributed by atoms with Gasteiger partial charge in [0, 0.05) is 46.7 Å². The summed E-state index contributed by atoms with van der Waals surface area (Å²) in [7, 11) is 1.62. The van der Waals surface area contributed by atoms with E-state index in [9.17, 15) is 22.8 Å². The van der Waals surface area contributed by atoms with Crippen LogP contribution in [0.4, 0.5) is 13.2 Å². The first-order chi connectivity index (χ1) is 21.5. The van der Waals surface area contributed by atoms with Crippen LogP contribution in [0.1, 0.15) is 20.7 Å². The number of nitrogens with zero attached hydrogens (tertiary/aromatic N) is 4. The van der Waals surface area contributed by atoms with E-state index >= 15 is 0 Å². The predicted molar refractivity (Wildman–Crippen MR) is 160 cm³/mol. The van der Waals surface area contributed by atoms with Gasteiger partial charge in [-0.1, -0.05) is 24.3 Å². The second-order valence-electron chi connectivity index (χ2n) is 9.49. The summed E-state index contributed by atoms with van der Waals surface area (Å²) in [6, 6.07) is 16.4. The number of methoxy groups -OCH3 is 1. The molecule has 6 rings (SSSR count). The van der Waals surface area contributed by atoms with E-state index in [0.29, 0.717) is 33.1 Å². The van der Waals surface area contributed by atoms with Crippen molar-refractivity contribution in [1.82, 2.24) is 19.9 Å². The molecule has 13 heteroatoms. The van der Waals surface area contributed by atoms with Crippen molar-refractivity contribution in [1.29, 1.82) is 0 Å². The van der Waals surface area contributed by atoms with E-state index in [2.05, 4.69) is 24.7 Å². The number of pyridine rings is 4. The lowest BCUT2D eigenvalue weighted by molar-refractivity contribution is -0.274. The molecule has 4 heterocycles. The highest BCUT2D eigenvalue weighted by molar-refractivity contribution is 6.01. The normalized spacial score (nSPS) is 11.0. The van der Waals surface area contributed by atoms with E-state index in [-0.39, 0.29) is 11.3 Å². The molecule has 0 unspecified atom stereocenters. The highest BCUT2D eigenvalue weighted by atomic mass is 19.4.